The lowest BCUT2D eigenvalue weighted by molar-refractivity contribution is 0.0788. The average Bonchev–Trinajstić information content (AvgIpc) is 2.65. The molecule has 1 aliphatic heterocycles. The molecule has 2 N–H and O–H groups in total. The summed E-state index contributed by atoms with van der Waals surface area (Å²) < 4.78 is 11.4. The van der Waals surface area contributed by atoms with Crippen LogP contribution >= 0.6 is 0 Å². The van der Waals surface area contributed by atoms with E-state index in [0.29, 0.717) is 24.7 Å². The standard InChI is InChI=1S/C20H17NO4/c22-17-10-14-6-2-1-5-13(14)9-16(17)20(23)21-11-15-12-24-18-7-3-4-8-19(18)25-15/h1-10,15,22H,11-12H2,(H,21,23)/t15-/m1/s1. The van der Waals surface area contributed by atoms with Crippen molar-refractivity contribution in [3.63, 3.8) is 0 Å². The van der Waals surface area contributed by atoms with Crippen LogP contribution in [0.2, 0.25) is 0 Å². The van der Waals surface area contributed by atoms with Crippen LogP contribution in [0.25, 0.3) is 10.8 Å². The summed E-state index contributed by atoms with van der Waals surface area (Å²) in [4.78, 5) is 12.4. The summed E-state index contributed by atoms with van der Waals surface area (Å²) in [7, 11) is 0. The minimum absolute atomic E-state index is 0.0395. The van der Waals surface area contributed by atoms with Crippen LogP contribution in [0.15, 0.2) is 60.7 Å². The molecule has 0 fully saturated rings. The van der Waals surface area contributed by atoms with Crippen molar-refractivity contribution < 1.29 is 19.4 Å². The predicted molar refractivity (Wildman–Crippen MR) is 94.3 cm³/mol. The lowest BCUT2D eigenvalue weighted by Gasteiger charge is -2.26. The molecule has 0 aromatic heterocycles. The Kier molecular flexibility index (Phi) is 3.90. The second-order valence-corrected chi connectivity index (χ2v) is 5.92. The summed E-state index contributed by atoms with van der Waals surface area (Å²) in [6.07, 6.45) is -0.276. The van der Waals surface area contributed by atoms with Gasteiger partial charge in [-0.15, -0.1) is 0 Å². The Labute approximate surface area is 144 Å². The maximum atomic E-state index is 12.4. The number of phenols is 1. The molecule has 0 radical (unpaired) electrons. The molecule has 25 heavy (non-hydrogen) atoms. The molecule has 5 heteroatoms. The van der Waals surface area contributed by atoms with E-state index in [0.717, 1.165) is 10.8 Å². The van der Waals surface area contributed by atoms with E-state index in [1.165, 1.54) is 0 Å². The quantitative estimate of drug-likeness (QED) is 0.772. The fourth-order valence-corrected chi connectivity index (χ4v) is 2.88. The van der Waals surface area contributed by atoms with E-state index >= 15 is 0 Å². The van der Waals surface area contributed by atoms with Crippen LogP contribution in [0.5, 0.6) is 17.2 Å². The first kappa shape index (κ1) is 15.3. The smallest absolute Gasteiger partial charge is 0.255 e. The Hall–Kier alpha value is -3.21. The first-order valence-corrected chi connectivity index (χ1v) is 8.09. The number of aromatic hydroxyl groups is 1. The van der Waals surface area contributed by atoms with Crippen LogP contribution in [-0.4, -0.2) is 30.3 Å². The molecule has 0 aliphatic carbocycles. The number of nitrogens with one attached hydrogen (secondary N) is 1. The minimum atomic E-state index is -0.342. The van der Waals surface area contributed by atoms with Gasteiger partial charge in [-0.2, -0.15) is 0 Å². The maximum Gasteiger partial charge on any atom is 0.255 e. The molecule has 0 bridgehead atoms. The van der Waals surface area contributed by atoms with Gasteiger partial charge in [0.2, 0.25) is 0 Å². The number of para-hydroxylation sites is 2. The largest absolute Gasteiger partial charge is 0.507 e. The Morgan fingerprint density at radius 1 is 1.04 bits per heavy atom. The molecule has 0 saturated carbocycles. The Morgan fingerprint density at radius 3 is 2.52 bits per heavy atom. The zero-order valence-corrected chi connectivity index (χ0v) is 13.4. The third kappa shape index (κ3) is 3.08. The fraction of sp³-hybridized carbons (Fsp3) is 0.150. The summed E-state index contributed by atoms with van der Waals surface area (Å²) in [5.41, 5.74) is 0.246. The zero-order chi connectivity index (χ0) is 17.2. The summed E-state index contributed by atoms with van der Waals surface area (Å²) in [6, 6.07) is 18.3. The number of carbonyl (C=O) groups is 1. The van der Waals surface area contributed by atoms with E-state index in [9.17, 15) is 9.90 Å². The number of ether oxygens (including phenoxy) is 2. The zero-order valence-electron chi connectivity index (χ0n) is 13.4. The molecule has 1 aliphatic rings. The molecular weight excluding hydrogens is 318 g/mol. The summed E-state index contributed by atoms with van der Waals surface area (Å²) in [6.45, 7) is 0.653. The second-order valence-electron chi connectivity index (χ2n) is 5.92. The number of hydrogen-bond acceptors (Lipinski definition) is 4. The predicted octanol–water partition coefficient (Wildman–Crippen LogP) is 3.12. The highest BCUT2D eigenvalue weighted by molar-refractivity contribution is 6.01. The number of benzene rings is 3. The first-order chi connectivity index (χ1) is 12.2. The van der Waals surface area contributed by atoms with Gasteiger partial charge in [0.15, 0.2) is 11.5 Å². The van der Waals surface area contributed by atoms with Crippen LogP contribution in [0.1, 0.15) is 10.4 Å². The number of hydrogen-bond donors (Lipinski definition) is 2. The highest BCUT2D eigenvalue weighted by Gasteiger charge is 2.22. The third-order valence-electron chi connectivity index (χ3n) is 4.17. The van der Waals surface area contributed by atoms with Crippen LogP contribution < -0.4 is 14.8 Å². The van der Waals surface area contributed by atoms with Gasteiger partial charge in [0.05, 0.1) is 12.1 Å². The highest BCUT2D eigenvalue weighted by Crippen LogP contribution is 2.30. The van der Waals surface area contributed by atoms with E-state index in [-0.39, 0.29) is 23.3 Å². The van der Waals surface area contributed by atoms with Crippen molar-refractivity contribution in [1.29, 1.82) is 0 Å². The molecule has 5 nitrogen and oxygen atoms in total. The van der Waals surface area contributed by atoms with E-state index in [1.807, 2.05) is 48.5 Å². The Morgan fingerprint density at radius 2 is 1.72 bits per heavy atom. The molecule has 0 unspecified atom stereocenters. The molecular formula is C20H17NO4. The number of rotatable bonds is 3. The summed E-state index contributed by atoms with van der Waals surface area (Å²) >= 11 is 0. The van der Waals surface area contributed by atoms with Gasteiger partial charge < -0.3 is 19.9 Å². The molecule has 126 valence electrons. The molecule has 0 saturated heterocycles. The summed E-state index contributed by atoms with van der Waals surface area (Å²) in [5, 5.41) is 14.7. The normalized spacial score (nSPS) is 15.8. The van der Waals surface area contributed by atoms with Gasteiger partial charge in [0.1, 0.15) is 18.5 Å². The lowest BCUT2D eigenvalue weighted by atomic mass is 10.1. The molecule has 3 aromatic rings. The van der Waals surface area contributed by atoms with Gasteiger partial charge in [-0.05, 0) is 35.0 Å². The monoisotopic (exact) mass is 335 g/mol. The van der Waals surface area contributed by atoms with Gasteiger partial charge in [0, 0.05) is 0 Å². The molecule has 3 aromatic carbocycles. The number of fused-ring (bicyclic) bond motifs is 2. The van der Waals surface area contributed by atoms with Crippen molar-refractivity contribution in [2.75, 3.05) is 13.2 Å². The van der Waals surface area contributed by atoms with Crippen molar-refractivity contribution >= 4 is 16.7 Å². The average molecular weight is 335 g/mol. The number of carbonyl (C=O) groups excluding carboxylic acids is 1. The van der Waals surface area contributed by atoms with Crippen molar-refractivity contribution in [2.45, 2.75) is 6.10 Å². The van der Waals surface area contributed by atoms with E-state index in [1.54, 1.807) is 12.1 Å². The molecule has 4 rings (SSSR count). The molecule has 0 spiro atoms. The second kappa shape index (κ2) is 6.36. The van der Waals surface area contributed by atoms with E-state index in [4.69, 9.17) is 9.47 Å². The molecule has 1 amide bonds. The van der Waals surface area contributed by atoms with Crippen LogP contribution in [0.3, 0.4) is 0 Å². The Bertz CT molecular complexity index is 938. The minimum Gasteiger partial charge on any atom is -0.507 e. The van der Waals surface area contributed by atoms with E-state index in [2.05, 4.69) is 5.32 Å². The maximum absolute atomic E-state index is 12.4. The van der Waals surface area contributed by atoms with Crippen LogP contribution in [0.4, 0.5) is 0 Å². The van der Waals surface area contributed by atoms with Gasteiger partial charge in [-0.1, -0.05) is 36.4 Å². The fourth-order valence-electron chi connectivity index (χ4n) is 2.88. The van der Waals surface area contributed by atoms with Gasteiger partial charge in [-0.3, -0.25) is 4.79 Å². The topological polar surface area (TPSA) is 67.8 Å². The van der Waals surface area contributed by atoms with E-state index < -0.39 is 0 Å². The van der Waals surface area contributed by atoms with Crippen molar-refractivity contribution in [3.05, 3.63) is 66.2 Å². The van der Waals surface area contributed by atoms with Crippen LogP contribution in [-0.2, 0) is 0 Å². The highest BCUT2D eigenvalue weighted by atomic mass is 16.6. The molecule has 1 atom stereocenters. The van der Waals surface area contributed by atoms with Gasteiger partial charge in [-0.25, -0.2) is 0 Å². The lowest BCUT2D eigenvalue weighted by Crippen LogP contribution is -2.40. The van der Waals surface area contributed by atoms with Crippen molar-refractivity contribution in [3.8, 4) is 17.2 Å². The van der Waals surface area contributed by atoms with Gasteiger partial charge >= 0.3 is 0 Å². The first-order valence-electron chi connectivity index (χ1n) is 8.09. The third-order valence-corrected chi connectivity index (χ3v) is 4.17. The number of amides is 1. The summed E-state index contributed by atoms with van der Waals surface area (Å²) in [5.74, 6) is 0.992. The SMILES string of the molecule is O=C(NC[C@@H]1COc2ccccc2O1)c1cc2ccccc2cc1O. The van der Waals surface area contributed by atoms with Crippen molar-refractivity contribution in [2.24, 2.45) is 0 Å². The molecule has 1 heterocycles. The number of phenolic OH excluding ortho intramolecular Hbond substituents is 1. The van der Waals surface area contributed by atoms with Gasteiger partial charge in [0.25, 0.3) is 5.91 Å². The van der Waals surface area contributed by atoms with Crippen molar-refractivity contribution in [1.82, 2.24) is 5.32 Å². The Balaban J connectivity index is 1.45. The van der Waals surface area contributed by atoms with Crippen LogP contribution in [0, 0.1) is 0 Å².